The van der Waals surface area contributed by atoms with Crippen molar-refractivity contribution in [3.8, 4) is 5.75 Å². The topological polar surface area (TPSA) is 20.2 Å². The van der Waals surface area contributed by atoms with Crippen molar-refractivity contribution in [2.45, 2.75) is 26.2 Å². The number of hydrogen-bond acceptors (Lipinski definition) is 1. The first-order chi connectivity index (χ1) is 5.97. The molecule has 0 saturated carbocycles. The zero-order valence-electron chi connectivity index (χ0n) is 8.26. The van der Waals surface area contributed by atoms with Crippen LogP contribution in [0.4, 0.5) is 0 Å². The number of phenolic OH excluding ortho intramolecular Hbond substituents is 1. The molecule has 72 valence electrons. The van der Waals surface area contributed by atoms with Gasteiger partial charge < -0.3 is 5.11 Å². The molecule has 1 rings (SSSR count). The summed E-state index contributed by atoms with van der Waals surface area (Å²) < 4.78 is 0. The van der Waals surface area contributed by atoms with E-state index >= 15 is 0 Å². The molecule has 1 aromatic rings. The third-order valence-electron chi connectivity index (χ3n) is 2.22. The fourth-order valence-corrected chi connectivity index (χ4v) is 1.57. The number of phenols is 1. The Kier molecular flexibility index (Phi) is 3.01. The Morgan fingerprint density at radius 2 is 2.00 bits per heavy atom. The van der Waals surface area contributed by atoms with E-state index in [9.17, 15) is 5.11 Å². The second-order valence-electron chi connectivity index (χ2n) is 4.04. The van der Waals surface area contributed by atoms with Crippen LogP contribution in [0.5, 0.6) is 5.75 Å². The second kappa shape index (κ2) is 3.70. The van der Waals surface area contributed by atoms with Crippen LogP contribution in [0.1, 0.15) is 25.0 Å². The second-order valence-corrected chi connectivity index (χ2v) is 4.60. The van der Waals surface area contributed by atoms with Gasteiger partial charge in [-0.2, -0.15) is 0 Å². The lowest BCUT2D eigenvalue weighted by molar-refractivity contribution is 0.448. The molecule has 0 aromatic heterocycles. The average molecular weight is 243 g/mol. The molecule has 0 radical (unpaired) electrons. The molecule has 0 spiro atoms. The van der Waals surface area contributed by atoms with Crippen LogP contribution in [0, 0.1) is 6.92 Å². The first-order valence-electron chi connectivity index (χ1n) is 4.33. The molecular weight excluding hydrogens is 228 g/mol. The summed E-state index contributed by atoms with van der Waals surface area (Å²) >= 11 is 3.46. The Labute approximate surface area is 87.9 Å². The van der Waals surface area contributed by atoms with Gasteiger partial charge in [-0.05, 0) is 13.0 Å². The molecule has 0 unspecified atom stereocenters. The summed E-state index contributed by atoms with van der Waals surface area (Å²) in [7, 11) is 0. The molecule has 0 bridgehead atoms. The van der Waals surface area contributed by atoms with E-state index in [4.69, 9.17) is 0 Å². The molecular formula is C11H15BrO. The fourth-order valence-electron chi connectivity index (χ4n) is 1.26. The highest BCUT2D eigenvalue weighted by molar-refractivity contribution is 9.09. The first-order valence-corrected chi connectivity index (χ1v) is 5.45. The van der Waals surface area contributed by atoms with Crippen molar-refractivity contribution in [2.75, 3.05) is 5.33 Å². The Morgan fingerprint density at radius 1 is 1.38 bits per heavy atom. The van der Waals surface area contributed by atoms with E-state index in [1.165, 1.54) is 5.56 Å². The zero-order valence-corrected chi connectivity index (χ0v) is 9.85. The number of aryl methyl sites for hydroxylation is 1. The molecule has 0 aliphatic heterocycles. The highest BCUT2D eigenvalue weighted by atomic mass is 79.9. The minimum absolute atomic E-state index is 0.0178. The van der Waals surface area contributed by atoms with Gasteiger partial charge in [-0.25, -0.2) is 0 Å². The van der Waals surface area contributed by atoms with E-state index in [1.54, 1.807) is 6.07 Å². The first kappa shape index (κ1) is 10.6. The number of hydrogen-bond donors (Lipinski definition) is 1. The number of rotatable bonds is 2. The standard InChI is InChI=1S/C11H15BrO/c1-8-4-5-10(13)9(6-8)11(2,3)7-12/h4-6,13H,7H2,1-3H3. The van der Waals surface area contributed by atoms with E-state index in [1.807, 2.05) is 19.1 Å². The lowest BCUT2D eigenvalue weighted by Crippen LogP contribution is -2.19. The molecule has 1 N–H and O–H groups in total. The van der Waals surface area contributed by atoms with Crippen LogP contribution in [-0.2, 0) is 5.41 Å². The van der Waals surface area contributed by atoms with E-state index in [0.29, 0.717) is 5.75 Å². The molecule has 1 nitrogen and oxygen atoms in total. The molecule has 1 aromatic carbocycles. The molecule has 0 aliphatic carbocycles. The normalized spacial score (nSPS) is 11.7. The quantitative estimate of drug-likeness (QED) is 0.789. The maximum absolute atomic E-state index is 9.68. The van der Waals surface area contributed by atoms with Crippen molar-refractivity contribution >= 4 is 15.9 Å². The summed E-state index contributed by atoms with van der Waals surface area (Å²) in [4.78, 5) is 0. The predicted molar refractivity (Wildman–Crippen MR) is 59.7 cm³/mol. The number of alkyl halides is 1. The molecule has 0 aliphatic rings. The van der Waals surface area contributed by atoms with Crippen molar-refractivity contribution in [3.63, 3.8) is 0 Å². The summed E-state index contributed by atoms with van der Waals surface area (Å²) in [5, 5.41) is 10.5. The van der Waals surface area contributed by atoms with Gasteiger partial charge in [0, 0.05) is 16.3 Å². The van der Waals surface area contributed by atoms with Crippen LogP contribution in [0.3, 0.4) is 0 Å². The van der Waals surface area contributed by atoms with Crippen molar-refractivity contribution in [1.29, 1.82) is 0 Å². The largest absolute Gasteiger partial charge is 0.508 e. The predicted octanol–water partition coefficient (Wildman–Crippen LogP) is 3.37. The van der Waals surface area contributed by atoms with Gasteiger partial charge in [0.2, 0.25) is 0 Å². The SMILES string of the molecule is Cc1ccc(O)c(C(C)(C)CBr)c1. The number of halogens is 1. The summed E-state index contributed by atoms with van der Waals surface area (Å²) in [6.45, 7) is 6.25. The maximum atomic E-state index is 9.68. The smallest absolute Gasteiger partial charge is 0.119 e. The Balaban J connectivity index is 3.20. The third-order valence-corrected chi connectivity index (χ3v) is 3.62. The molecule has 0 fully saturated rings. The Bertz CT molecular complexity index is 305. The molecule has 0 heterocycles. The van der Waals surface area contributed by atoms with Crippen molar-refractivity contribution in [1.82, 2.24) is 0 Å². The van der Waals surface area contributed by atoms with Gasteiger partial charge in [-0.1, -0.05) is 47.5 Å². The summed E-state index contributed by atoms with van der Waals surface area (Å²) in [6.07, 6.45) is 0. The lowest BCUT2D eigenvalue weighted by Gasteiger charge is -2.23. The van der Waals surface area contributed by atoms with Crippen molar-refractivity contribution < 1.29 is 5.11 Å². The molecule has 2 heteroatoms. The Morgan fingerprint density at radius 3 is 2.54 bits per heavy atom. The lowest BCUT2D eigenvalue weighted by atomic mass is 9.85. The minimum Gasteiger partial charge on any atom is -0.508 e. The highest BCUT2D eigenvalue weighted by Crippen LogP contribution is 2.32. The Hall–Kier alpha value is -0.500. The molecule has 0 saturated heterocycles. The number of aromatic hydroxyl groups is 1. The number of benzene rings is 1. The molecule has 0 atom stereocenters. The highest BCUT2D eigenvalue weighted by Gasteiger charge is 2.22. The minimum atomic E-state index is -0.0178. The fraction of sp³-hybridized carbons (Fsp3) is 0.455. The van der Waals surface area contributed by atoms with Gasteiger partial charge in [-0.3, -0.25) is 0 Å². The summed E-state index contributed by atoms with van der Waals surface area (Å²) in [6, 6.07) is 5.72. The average Bonchev–Trinajstić information content (AvgIpc) is 2.09. The molecule has 13 heavy (non-hydrogen) atoms. The third kappa shape index (κ3) is 2.25. The van der Waals surface area contributed by atoms with Gasteiger partial charge in [-0.15, -0.1) is 0 Å². The van der Waals surface area contributed by atoms with Crippen molar-refractivity contribution in [2.24, 2.45) is 0 Å². The van der Waals surface area contributed by atoms with Gasteiger partial charge >= 0.3 is 0 Å². The van der Waals surface area contributed by atoms with Crippen LogP contribution in [0.15, 0.2) is 18.2 Å². The van der Waals surface area contributed by atoms with E-state index < -0.39 is 0 Å². The maximum Gasteiger partial charge on any atom is 0.119 e. The van der Waals surface area contributed by atoms with E-state index in [-0.39, 0.29) is 5.41 Å². The summed E-state index contributed by atoms with van der Waals surface area (Å²) in [5.74, 6) is 0.384. The summed E-state index contributed by atoms with van der Waals surface area (Å²) in [5.41, 5.74) is 2.17. The van der Waals surface area contributed by atoms with E-state index in [0.717, 1.165) is 10.9 Å². The van der Waals surface area contributed by atoms with Crippen LogP contribution < -0.4 is 0 Å². The van der Waals surface area contributed by atoms with E-state index in [2.05, 4.69) is 29.8 Å². The van der Waals surface area contributed by atoms with Crippen LogP contribution >= 0.6 is 15.9 Å². The van der Waals surface area contributed by atoms with Gasteiger partial charge in [0.15, 0.2) is 0 Å². The van der Waals surface area contributed by atoms with Crippen LogP contribution in [0.25, 0.3) is 0 Å². The molecule has 0 amide bonds. The van der Waals surface area contributed by atoms with Gasteiger partial charge in [0.05, 0.1) is 0 Å². The van der Waals surface area contributed by atoms with Crippen molar-refractivity contribution in [3.05, 3.63) is 29.3 Å². The van der Waals surface area contributed by atoms with Gasteiger partial charge in [0.1, 0.15) is 5.75 Å². The zero-order chi connectivity index (χ0) is 10.1. The van der Waals surface area contributed by atoms with Crippen LogP contribution in [-0.4, -0.2) is 10.4 Å². The van der Waals surface area contributed by atoms with Crippen LogP contribution in [0.2, 0.25) is 0 Å². The monoisotopic (exact) mass is 242 g/mol. The van der Waals surface area contributed by atoms with Gasteiger partial charge in [0.25, 0.3) is 0 Å².